The van der Waals surface area contributed by atoms with Gasteiger partial charge in [0.15, 0.2) is 0 Å². The maximum Gasteiger partial charge on any atom is 0.262 e. The minimum Gasteiger partial charge on any atom is -0.325 e. The van der Waals surface area contributed by atoms with Crippen LogP contribution in [0.4, 0.5) is 14.5 Å². The van der Waals surface area contributed by atoms with Crippen LogP contribution < -0.4 is 10.6 Å². The van der Waals surface area contributed by atoms with Gasteiger partial charge in [0.1, 0.15) is 0 Å². The molecule has 0 radical (unpaired) electrons. The molecule has 19 heavy (non-hydrogen) atoms. The zero-order chi connectivity index (χ0) is 13.9. The molecule has 1 aromatic carbocycles. The molecule has 104 valence electrons. The van der Waals surface area contributed by atoms with E-state index in [1.165, 1.54) is 0 Å². The largest absolute Gasteiger partial charge is 0.325 e. The van der Waals surface area contributed by atoms with E-state index in [1.807, 2.05) is 25.1 Å². The topological polar surface area (TPSA) is 41.1 Å². The van der Waals surface area contributed by atoms with Crippen LogP contribution in [0, 0.1) is 0 Å². The maximum atomic E-state index is 13.0. The molecule has 6 heteroatoms. The average Bonchev–Trinajstić information content (AvgIpc) is 2.71. The third-order valence-corrected chi connectivity index (χ3v) is 3.71. The molecule has 1 saturated heterocycles. The maximum absolute atomic E-state index is 13.0. The van der Waals surface area contributed by atoms with Crippen molar-refractivity contribution in [2.75, 3.05) is 17.6 Å². The first kappa shape index (κ1) is 14.3. The first-order valence-corrected chi connectivity index (χ1v) is 7.14. The third kappa shape index (κ3) is 3.91. The normalized spacial score (nSPS) is 21.3. The molecule has 1 fully saturated rings. The highest BCUT2D eigenvalue weighted by Crippen LogP contribution is 2.26. The summed E-state index contributed by atoms with van der Waals surface area (Å²) in [5.74, 6) is -2.26. The lowest BCUT2D eigenvalue weighted by Crippen LogP contribution is -2.35. The lowest BCUT2D eigenvalue weighted by atomic mass is 10.2. The van der Waals surface area contributed by atoms with Gasteiger partial charge in [-0.1, -0.05) is 13.0 Å². The fourth-order valence-corrected chi connectivity index (χ4v) is 2.68. The molecular formula is C13H16F2N2OS. The molecule has 1 aromatic rings. The summed E-state index contributed by atoms with van der Waals surface area (Å²) < 4.78 is 26.0. The van der Waals surface area contributed by atoms with Crippen LogP contribution in [0.3, 0.4) is 0 Å². The van der Waals surface area contributed by atoms with Gasteiger partial charge >= 0.3 is 0 Å². The van der Waals surface area contributed by atoms with Gasteiger partial charge in [0, 0.05) is 17.0 Å². The number of benzene rings is 1. The van der Waals surface area contributed by atoms with Crippen LogP contribution in [-0.2, 0) is 4.79 Å². The molecule has 1 amide bonds. The average molecular weight is 286 g/mol. The van der Waals surface area contributed by atoms with E-state index in [-0.39, 0.29) is 0 Å². The number of anilines is 1. The van der Waals surface area contributed by atoms with E-state index < -0.39 is 30.8 Å². The first-order chi connectivity index (χ1) is 9.00. The van der Waals surface area contributed by atoms with E-state index in [9.17, 15) is 13.6 Å². The number of thioether (sulfide) groups is 1. The summed E-state index contributed by atoms with van der Waals surface area (Å²) in [6.45, 7) is 1.61. The minimum atomic E-state index is -2.79. The van der Waals surface area contributed by atoms with Crippen LogP contribution in [-0.4, -0.2) is 30.2 Å². The number of amides is 1. The van der Waals surface area contributed by atoms with Crippen molar-refractivity contribution in [1.29, 1.82) is 0 Å². The highest BCUT2D eigenvalue weighted by molar-refractivity contribution is 7.99. The van der Waals surface area contributed by atoms with Gasteiger partial charge in [0.25, 0.3) is 5.92 Å². The SMILES string of the molecule is CCSc1cccc(NC(=O)C2CC(F)(F)CN2)c1. The number of hydrogen-bond acceptors (Lipinski definition) is 3. The van der Waals surface area contributed by atoms with E-state index in [0.29, 0.717) is 5.69 Å². The molecule has 2 N–H and O–H groups in total. The summed E-state index contributed by atoms with van der Waals surface area (Å²) in [7, 11) is 0. The van der Waals surface area contributed by atoms with Crippen molar-refractivity contribution < 1.29 is 13.6 Å². The highest BCUT2D eigenvalue weighted by atomic mass is 32.2. The number of carbonyl (C=O) groups excluding carboxylic acids is 1. The number of carbonyl (C=O) groups is 1. The highest BCUT2D eigenvalue weighted by Gasteiger charge is 2.42. The molecule has 0 aliphatic carbocycles. The molecule has 1 aliphatic rings. The number of rotatable bonds is 4. The Morgan fingerprint density at radius 3 is 3.00 bits per heavy atom. The standard InChI is InChI=1S/C13H16F2N2OS/c1-2-19-10-5-3-4-9(6-10)17-12(18)11-7-13(14,15)8-16-11/h3-6,11,16H,2,7-8H2,1H3,(H,17,18). The van der Waals surface area contributed by atoms with Crippen molar-refractivity contribution in [3.63, 3.8) is 0 Å². The Hall–Kier alpha value is -1.14. The van der Waals surface area contributed by atoms with Gasteiger partial charge in [-0.3, -0.25) is 10.1 Å². The number of nitrogens with one attached hydrogen (secondary N) is 2. The van der Waals surface area contributed by atoms with Crippen LogP contribution in [0.5, 0.6) is 0 Å². The van der Waals surface area contributed by atoms with Crippen molar-refractivity contribution in [2.45, 2.75) is 30.2 Å². The smallest absolute Gasteiger partial charge is 0.262 e. The quantitative estimate of drug-likeness (QED) is 0.836. The van der Waals surface area contributed by atoms with E-state index in [1.54, 1.807) is 17.8 Å². The second kappa shape index (κ2) is 5.88. The Morgan fingerprint density at radius 1 is 1.58 bits per heavy atom. The van der Waals surface area contributed by atoms with Crippen molar-refractivity contribution in [2.24, 2.45) is 0 Å². The molecule has 0 saturated carbocycles. The lowest BCUT2D eigenvalue weighted by Gasteiger charge is -2.12. The van der Waals surface area contributed by atoms with Gasteiger partial charge in [-0.25, -0.2) is 8.78 Å². The number of hydrogen-bond donors (Lipinski definition) is 2. The Morgan fingerprint density at radius 2 is 2.37 bits per heavy atom. The monoisotopic (exact) mass is 286 g/mol. The zero-order valence-corrected chi connectivity index (χ0v) is 11.4. The van der Waals surface area contributed by atoms with Gasteiger partial charge < -0.3 is 5.32 Å². The van der Waals surface area contributed by atoms with Gasteiger partial charge in [-0.05, 0) is 24.0 Å². The Balaban J connectivity index is 1.97. The summed E-state index contributed by atoms with van der Waals surface area (Å²) in [6, 6.07) is 6.57. The molecular weight excluding hydrogens is 270 g/mol. The molecule has 3 nitrogen and oxygen atoms in total. The van der Waals surface area contributed by atoms with Gasteiger partial charge in [0.2, 0.25) is 5.91 Å². The summed E-state index contributed by atoms with van der Waals surface area (Å²) in [4.78, 5) is 12.9. The minimum absolute atomic E-state index is 0.407. The van der Waals surface area contributed by atoms with Crippen molar-refractivity contribution in [1.82, 2.24) is 5.32 Å². The molecule has 0 spiro atoms. The van der Waals surface area contributed by atoms with Gasteiger partial charge in [-0.2, -0.15) is 0 Å². The van der Waals surface area contributed by atoms with Gasteiger partial charge in [0.05, 0.1) is 12.6 Å². The predicted molar refractivity (Wildman–Crippen MR) is 72.8 cm³/mol. The van der Waals surface area contributed by atoms with Crippen LogP contribution in [0.1, 0.15) is 13.3 Å². The molecule has 0 aromatic heterocycles. The molecule has 0 bridgehead atoms. The molecule has 1 aliphatic heterocycles. The van der Waals surface area contributed by atoms with Crippen LogP contribution in [0.15, 0.2) is 29.2 Å². The van der Waals surface area contributed by atoms with Crippen LogP contribution in [0.25, 0.3) is 0 Å². The fourth-order valence-electron chi connectivity index (χ4n) is 1.96. The van der Waals surface area contributed by atoms with E-state index in [2.05, 4.69) is 10.6 Å². The molecule has 2 rings (SSSR count). The first-order valence-electron chi connectivity index (χ1n) is 6.15. The molecule has 1 unspecified atom stereocenters. The second-order valence-electron chi connectivity index (χ2n) is 4.44. The van der Waals surface area contributed by atoms with Crippen LogP contribution in [0.2, 0.25) is 0 Å². The predicted octanol–water partition coefficient (Wildman–Crippen LogP) is 2.73. The van der Waals surface area contributed by atoms with E-state index in [4.69, 9.17) is 0 Å². The second-order valence-corrected chi connectivity index (χ2v) is 5.78. The van der Waals surface area contributed by atoms with Crippen LogP contribution >= 0.6 is 11.8 Å². The third-order valence-electron chi connectivity index (χ3n) is 2.84. The summed E-state index contributed by atoms with van der Waals surface area (Å²) in [5.41, 5.74) is 0.639. The Labute approximate surface area is 115 Å². The Bertz CT molecular complexity index is 468. The van der Waals surface area contributed by atoms with E-state index in [0.717, 1.165) is 10.6 Å². The van der Waals surface area contributed by atoms with Gasteiger partial charge in [-0.15, -0.1) is 11.8 Å². The molecule has 1 atom stereocenters. The fraction of sp³-hybridized carbons (Fsp3) is 0.462. The summed E-state index contributed by atoms with van der Waals surface area (Å²) in [6.07, 6.45) is -0.442. The van der Waals surface area contributed by atoms with Crippen molar-refractivity contribution in [3.05, 3.63) is 24.3 Å². The number of alkyl halides is 2. The van der Waals surface area contributed by atoms with Crippen molar-refractivity contribution >= 4 is 23.4 Å². The molecule has 1 heterocycles. The summed E-state index contributed by atoms with van der Waals surface area (Å²) in [5, 5.41) is 5.21. The zero-order valence-electron chi connectivity index (χ0n) is 10.6. The lowest BCUT2D eigenvalue weighted by molar-refractivity contribution is -0.118. The number of halogens is 2. The van der Waals surface area contributed by atoms with E-state index >= 15 is 0 Å². The van der Waals surface area contributed by atoms with Crippen molar-refractivity contribution in [3.8, 4) is 0 Å². The Kier molecular flexibility index (Phi) is 4.42. The summed E-state index contributed by atoms with van der Waals surface area (Å²) >= 11 is 1.66.